The van der Waals surface area contributed by atoms with Gasteiger partial charge in [0.15, 0.2) is 5.92 Å². The normalized spacial score (nSPS) is 11.1. The number of nitrogens with zero attached hydrogens (tertiary/aromatic N) is 1. The van der Waals surface area contributed by atoms with Crippen LogP contribution in [0.25, 0.3) is 0 Å². The van der Waals surface area contributed by atoms with Crippen LogP contribution in [0, 0.1) is 17.2 Å². The van der Waals surface area contributed by atoms with Crippen molar-refractivity contribution in [3.8, 4) is 11.8 Å². The minimum Gasteiger partial charge on any atom is -0.497 e. The molecule has 0 aliphatic rings. The van der Waals surface area contributed by atoms with E-state index in [1.54, 1.807) is 37.4 Å². The highest BCUT2D eigenvalue weighted by molar-refractivity contribution is 5.83. The van der Waals surface area contributed by atoms with Gasteiger partial charge in [-0.05, 0) is 24.3 Å². The molecule has 0 saturated carbocycles. The van der Waals surface area contributed by atoms with Gasteiger partial charge in [-0.3, -0.25) is 4.79 Å². The Balaban J connectivity index is 2.74. The lowest BCUT2D eigenvalue weighted by atomic mass is 10.1. The second-order valence-electron chi connectivity index (χ2n) is 3.34. The lowest BCUT2D eigenvalue weighted by Gasteiger charge is -2.12. The molecule has 1 aromatic rings. The van der Waals surface area contributed by atoms with Crippen LogP contribution in [0.4, 0.5) is 5.69 Å². The average Bonchev–Trinajstić information content (AvgIpc) is 2.30. The zero-order valence-electron chi connectivity index (χ0n) is 9.43. The summed E-state index contributed by atoms with van der Waals surface area (Å²) in [6.45, 7) is 3.62. The number of carbonyl (C=O) groups excluding carboxylic acids is 1. The molecule has 0 aromatic heterocycles. The van der Waals surface area contributed by atoms with Crippen LogP contribution in [0.5, 0.6) is 5.75 Å². The largest absolute Gasteiger partial charge is 0.497 e. The maximum Gasteiger partial charge on any atom is 0.240 e. The van der Waals surface area contributed by atoms with Crippen molar-refractivity contribution in [1.82, 2.24) is 0 Å². The van der Waals surface area contributed by atoms with E-state index in [0.717, 1.165) is 0 Å². The Morgan fingerprint density at radius 2 is 2.12 bits per heavy atom. The molecule has 1 amide bonds. The summed E-state index contributed by atoms with van der Waals surface area (Å²) in [4.78, 5) is 10.9. The van der Waals surface area contributed by atoms with Crippen LogP contribution < -0.4 is 15.8 Å². The molecule has 1 aromatic carbocycles. The maximum atomic E-state index is 10.9. The number of nitrogens with one attached hydrogen (secondary N) is 1. The van der Waals surface area contributed by atoms with Crippen LogP contribution in [-0.4, -0.2) is 13.0 Å². The zero-order chi connectivity index (χ0) is 12.8. The third kappa shape index (κ3) is 3.24. The van der Waals surface area contributed by atoms with Gasteiger partial charge < -0.3 is 15.8 Å². The Labute approximate surface area is 99.5 Å². The van der Waals surface area contributed by atoms with Crippen molar-refractivity contribution in [3.63, 3.8) is 0 Å². The summed E-state index contributed by atoms with van der Waals surface area (Å²) in [5, 5.41) is 11.6. The minimum absolute atomic E-state index is 0.255. The first-order chi connectivity index (χ1) is 8.08. The van der Waals surface area contributed by atoms with E-state index >= 15 is 0 Å². The third-order valence-corrected chi connectivity index (χ3v) is 2.16. The van der Waals surface area contributed by atoms with Gasteiger partial charge in [0, 0.05) is 11.4 Å². The van der Waals surface area contributed by atoms with Gasteiger partial charge in [-0.25, -0.2) is 0 Å². The van der Waals surface area contributed by atoms with Crippen molar-refractivity contribution in [2.45, 2.75) is 0 Å². The molecule has 1 atom stereocenters. The Kier molecular flexibility index (Phi) is 4.12. The lowest BCUT2D eigenvalue weighted by molar-refractivity contribution is -0.119. The Morgan fingerprint density at radius 3 is 2.53 bits per heavy atom. The molecule has 0 radical (unpaired) electrons. The second-order valence-corrected chi connectivity index (χ2v) is 3.34. The van der Waals surface area contributed by atoms with E-state index in [4.69, 9.17) is 15.7 Å². The fourth-order valence-corrected chi connectivity index (χ4v) is 1.25. The van der Waals surface area contributed by atoms with Crippen molar-refractivity contribution in [2.75, 3.05) is 12.4 Å². The molecule has 0 bridgehead atoms. The molecule has 1 rings (SSSR count). The number of nitriles is 1. The second kappa shape index (κ2) is 5.56. The van der Waals surface area contributed by atoms with Gasteiger partial charge in [0.1, 0.15) is 5.75 Å². The molecule has 0 aliphatic heterocycles. The molecule has 0 saturated heterocycles. The topological polar surface area (TPSA) is 88.1 Å². The van der Waals surface area contributed by atoms with Crippen LogP contribution in [0.3, 0.4) is 0 Å². The lowest BCUT2D eigenvalue weighted by Crippen LogP contribution is -2.26. The molecule has 0 fully saturated rings. The highest BCUT2D eigenvalue weighted by Crippen LogP contribution is 2.18. The molecule has 5 heteroatoms. The third-order valence-electron chi connectivity index (χ3n) is 2.16. The van der Waals surface area contributed by atoms with Crippen molar-refractivity contribution in [3.05, 3.63) is 36.5 Å². The quantitative estimate of drug-likeness (QED) is 0.798. The maximum absolute atomic E-state index is 10.9. The van der Waals surface area contributed by atoms with Gasteiger partial charge in [-0.1, -0.05) is 6.58 Å². The number of anilines is 1. The predicted octanol–water partition coefficient (Wildman–Crippen LogP) is 1.25. The van der Waals surface area contributed by atoms with E-state index in [0.29, 0.717) is 11.4 Å². The van der Waals surface area contributed by atoms with Crippen LogP contribution in [0.1, 0.15) is 0 Å². The number of rotatable bonds is 5. The summed E-state index contributed by atoms with van der Waals surface area (Å²) >= 11 is 0. The average molecular weight is 231 g/mol. The first kappa shape index (κ1) is 12.6. The molecule has 0 spiro atoms. The fraction of sp³-hybridized carbons (Fsp3) is 0.167. The van der Waals surface area contributed by atoms with E-state index in [9.17, 15) is 4.79 Å². The highest BCUT2D eigenvalue weighted by atomic mass is 16.5. The van der Waals surface area contributed by atoms with Crippen molar-refractivity contribution < 1.29 is 9.53 Å². The summed E-state index contributed by atoms with van der Waals surface area (Å²) in [5.41, 5.74) is 6.03. The molecule has 88 valence electrons. The Morgan fingerprint density at radius 1 is 1.53 bits per heavy atom. The smallest absolute Gasteiger partial charge is 0.240 e. The predicted molar refractivity (Wildman–Crippen MR) is 64.1 cm³/mol. The fourth-order valence-electron chi connectivity index (χ4n) is 1.25. The van der Waals surface area contributed by atoms with Gasteiger partial charge in [0.25, 0.3) is 0 Å². The van der Waals surface area contributed by atoms with Crippen molar-refractivity contribution in [2.24, 2.45) is 11.7 Å². The van der Waals surface area contributed by atoms with Gasteiger partial charge in [-0.2, -0.15) is 5.26 Å². The van der Waals surface area contributed by atoms with Gasteiger partial charge in [0.2, 0.25) is 5.91 Å². The summed E-state index contributed by atoms with van der Waals surface area (Å²) in [6.07, 6.45) is 0. The van der Waals surface area contributed by atoms with Gasteiger partial charge >= 0.3 is 0 Å². The number of nitrogens with two attached hydrogens (primary N) is 1. The van der Waals surface area contributed by atoms with Crippen LogP contribution in [0.15, 0.2) is 36.5 Å². The van der Waals surface area contributed by atoms with E-state index in [-0.39, 0.29) is 5.70 Å². The van der Waals surface area contributed by atoms with Crippen LogP contribution in [0.2, 0.25) is 0 Å². The number of primary amides is 1. The highest BCUT2D eigenvalue weighted by Gasteiger charge is 2.18. The van der Waals surface area contributed by atoms with Gasteiger partial charge in [-0.15, -0.1) is 0 Å². The monoisotopic (exact) mass is 231 g/mol. The van der Waals surface area contributed by atoms with Crippen molar-refractivity contribution >= 4 is 11.6 Å². The van der Waals surface area contributed by atoms with E-state index < -0.39 is 11.8 Å². The molecular weight excluding hydrogens is 218 g/mol. The summed E-state index contributed by atoms with van der Waals surface area (Å²) in [7, 11) is 1.57. The number of ether oxygens (including phenoxy) is 1. The van der Waals surface area contributed by atoms with E-state index in [2.05, 4.69) is 11.9 Å². The number of hydrogen-bond acceptors (Lipinski definition) is 4. The SMILES string of the molecule is C=C(Nc1ccc(OC)cc1)[C@H](C#N)C(N)=O. The number of hydrogen-bond donors (Lipinski definition) is 2. The summed E-state index contributed by atoms with van der Waals surface area (Å²) < 4.78 is 5.00. The molecular formula is C12H13N3O2. The number of benzene rings is 1. The molecule has 0 aliphatic carbocycles. The van der Waals surface area contributed by atoms with Crippen molar-refractivity contribution in [1.29, 1.82) is 5.26 Å². The molecule has 0 heterocycles. The summed E-state index contributed by atoms with van der Waals surface area (Å²) in [6, 6.07) is 8.78. The van der Waals surface area contributed by atoms with Crippen LogP contribution in [-0.2, 0) is 4.79 Å². The van der Waals surface area contributed by atoms with Crippen LogP contribution >= 0.6 is 0 Å². The molecule has 0 unspecified atom stereocenters. The standard InChI is InChI=1S/C12H13N3O2/c1-8(11(7-13)12(14)16)15-9-3-5-10(17-2)6-4-9/h3-6,11,15H,1H2,2H3,(H2,14,16)/t11-/m0/s1. The minimum atomic E-state index is -1.04. The number of carbonyl (C=O) groups is 1. The van der Waals surface area contributed by atoms with E-state index in [1.165, 1.54) is 0 Å². The van der Waals surface area contributed by atoms with E-state index in [1.807, 2.05) is 0 Å². The Hall–Kier alpha value is -2.48. The van der Waals surface area contributed by atoms with Gasteiger partial charge in [0.05, 0.1) is 13.2 Å². The summed E-state index contributed by atoms with van der Waals surface area (Å²) in [5.74, 6) is -1.05. The Bertz CT molecular complexity index is 460. The first-order valence-corrected chi connectivity index (χ1v) is 4.87. The number of methoxy groups -OCH3 is 1. The molecule has 3 N–H and O–H groups in total. The molecule has 17 heavy (non-hydrogen) atoms. The number of amides is 1. The molecule has 5 nitrogen and oxygen atoms in total. The first-order valence-electron chi connectivity index (χ1n) is 4.87. The zero-order valence-corrected chi connectivity index (χ0v) is 9.43.